The minimum atomic E-state index is -1.75. The molecule has 0 bridgehead atoms. The molecule has 1 fully saturated rings. The number of rotatable bonds is 7. The van der Waals surface area contributed by atoms with Gasteiger partial charge in [0.05, 0.1) is 23.7 Å². The molecule has 0 spiro atoms. The molecule has 0 aromatic heterocycles. The van der Waals surface area contributed by atoms with Crippen molar-refractivity contribution in [2.24, 2.45) is 5.92 Å². The summed E-state index contributed by atoms with van der Waals surface area (Å²) in [6, 6.07) is 5.88. The van der Waals surface area contributed by atoms with Crippen LogP contribution in [-0.4, -0.2) is 71.2 Å². The molecule has 11 nitrogen and oxygen atoms in total. The fourth-order valence-electron chi connectivity index (χ4n) is 3.67. The van der Waals surface area contributed by atoms with Crippen molar-refractivity contribution in [1.29, 1.82) is 0 Å². The van der Waals surface area contributed by atoms with Crippen molar-refractivity contribution in [3.63, 3.8) is 0 Å². The number of carbonyl (C=O) groups excluding carboxylic acids is 4. The molecule has 1 N–H and O–H groups in total. The highest BCUT2D eigenvalue weighted by molar-refractivity contribution is 6.20. The standard InChI is InChI=1S/C20H20FNO10/c1-9(23)29-16-13(7-15(25)26)14(8-21)31-20(17(16)30-10(2)24)32-22-18(27)11-5-3-4-6-12(11)19(22)28/h3-6,13-14,16-17,20H,7-8H2,1-2H3,(H,25,26)/t13-,14+,16-,17+,20-/m0/s1. The van der Waals surface area contributed by atoms with Crippen molar-refractivity contribution in [1.82, 2.24) is 5.06 Å². The van der Waals surface area contributed by atoms with Crippen molar-refractivity contribution in [3.05, 3.63) is 35.4 Å². The first-order valence-electron chi connectivity index (χ1n) is 9.56. The number of amides is 2. The Morgan fingerprint density at radius 3 is 2.03 bits per heavy atom. The lowest BCUT2D eigenvalue weighted by molar-refractivity contribution is -0.332. The van der Waals surface area contributed by atoms with Crippen LogP contribution in [0.3, 0.4) is 0 Å². The molecule has 0 saturated carbocycles. The fourth-order valence-corrected chi connectivity index (χ4v) is 3.67. The second-order valence-corrected chi connectivity index (χ2v) is 7.16. The van der Waals surface area contributed by atoms with E-state index in [9.17, 15) is 33.5 Å². The third-order valence-electron chi connectivity index (χ3n) is 4.93. The third kappa shape index (κ3) is 4.60. The van der Waals surface area contributed by atoms with Gasteiger partial charge in [-0.3, -0.25) is 24.0 Å². The van der Waals surface area contributed by atoms with Gasteiger partial charge in [-0.05, 0) is 12.1 Å². The Morgan fingerprint density at radius 1 is 1.03 bits per heavy atom. The van der Waals surface area contributed by atoms with Crippen LogP contribution in [0, 0.1) is 5.92 Å². The van der Waals surface area contributed by atoms with Gasteiger partial charge >= 0.3 is 17.9 Å². The number of benzene rings is 1. The number of aliphatic carboxylic acids is 1. The molecule has 0 unspecified atom stereocenters. The van der Waals surface area contributed by atoms with Crippen LogP contribution in [0.15, 0.2) is 24.3 Å². The highest BCUT2D eigenvalue weighted by Crippen LogP contribution is 2.35. The molecule has 172 valence electrons. The number of ether oxygens (including phenoxy) is 3. The Hall–Kier alpha value is -3.38. The number of fused-ring (bicyclic) bond motifs is 1. The van der Waals surface area contributed by atoms with Crippen LogP contribution in [0.1, 0.15) is 41.0 Å². The Kier molecular flexibility index (Phi) is 6.84. The van der Waals surface area contributed by atoms with E-state index in [0.29, 0.717) is 5.06 Å². The first-order valence-corrected chi connectivity index (χ1v) is 9.56. The molecule has 0 aliphatic carbocycles. The van der Waals surface area contributed by atoms with Gasteiger partial charge in [0.1, 0.15) is 12.8 Å². The van der Waals surface area contributed by atoms with Gasteiger partial charge in [0.15, 0.2) is 6.10 Å². The van der Waals surface area contributed by atoms with Crippen molar-refractivity contribution >= 4 is 29.7 Å². The topological polar surface area (TPSA) is 146 Å². The largest absolute Gasteiger partial charge is 0.481 e. The lowest BCUT2D eigenvalue weighted by Gasteiger charge is -2.44. The zero-order chi connectivity index (χ0) is 23.6. The van der Waals surface area contributed by atoms with Gasteiger partial charge in [0.25, 0.3) is 11.8 Å². The van der Waals surface area contributed by atoms with E-state index in [-0.39, 0.29) is 11.1 Å². The van der Waals surface area contributed by atoms with Crippen molar-refractivity contribution in [2.75, 3.05) is 6.67 Å². The summed E-state index contributed by atoms with van der Waals surface area (Å²) < 4.78 is 29.5. The number of halogens is 1. The zero-order valence-electron chi connectivity index (χ0n) is 17.1. The number of hydrogen-bond acceptors (Lipinski definition) is 9. The fraction of sp³-hybridized carbons (Fsp3) is 0.450. The molecule has 1 aromatic carbocycles. The number of alkyl halides is 1. The van der Waals surface area contributed by atoms with E-state index >= 15 is 0 Å². The molecule has 2 aliphatic rings. The quantitative estimate of drug-likeness (QED) is 0.466. The van der Waals surface area contributed by atoms with E-state index in [2.05, 4.69) is 0 Å². The number of imide groups is 1. The Morgan fingerprint density at radius 2 is 1.56 bits per heavy atom. The van der Waals surface area contributed by atoms with E-state index in [1.165, 1.54) is 12.1 Å². The van der Waals surface area contributed by atoms with E-state index < -0.39 is 73.3 Å². The van der Waals surface area contributed by atoms with Crippen molar-refractivity contribution in [2.45, 2.75) is 44.9 Å². The molecular weight excluding hydrogens is 433 g/mol. The molecule has 3 rings (SSSR count). The maximum Gasteiger partial charge on any atom is 0.303 e. The maximum absolute atomic E-state index is 13.8. The Labute approximate surface area is 180 Å². The van der Waals surface area contributed by atoms with E-state index in [1.54, 1.807) is 12.1 Å². The minimum Gasteiger partial charge on any atom is -0.481 e. The van der Waals surface area contributed by atoms with E-state index in [1.807, 2.05) is 0 Å². The number of carboxylic acid groups (broad SMARTS) is 1. The average molecular weight is 453 g/mol. The lowest BCUT2D eigenvalue weighted by atomic mass is 9.86. The molecule has 32 heavy (non-hydrogen) atoms. The molecule has 0 radical (unpaired) electrons. The van der Waals surface area contributed by atoms with Gasteiger partial charge < -0.3 is 19.3 Å². The second-order valence-electron chi connectivity index (χ2n) is 7.16. The highest BCUT2D eigenvalue weighted by atomic mass is 19.1. The van der Waals surface area contributed by atoms with Crippen LogP contribution in [0.4, 0.5) is 4.39 Å². The van der Waals surface area contributed by atoms with Crippen LogP contribution in [-0.2, 0) is 33.4 Å². The molecule has 12 heteroatoms. The first kappa shape index (κ1) is 23.3. The second kappa shape index (κ2) is 9.40. The summed E-state index contributed by atoms with van der Waals surface area (Å²) in [5, 5.41) is 9.59. The summed E-state index contributed by atoms with van der Waals surface area (Å²) >= 11 is 0. The van der Waals surface area contributed by atoms with Crippen LogP contribution >= 0.6 is 0 Å². The highest BCUT2D eigenvalue weighted by Gasteiger charge is 2.53. The van der Waals surface area contributed by atoms with E-state index in [0.717, 1.165) is 13.8 Å². The van der Waals surface area contributed by atoms with Gasteiger partial charge in [0.2, 0.25) is 6.29 Å². The smallest absolute Gasteiger partial charge is 0.303 e. The van der Waals surface area contributed by atoms with E-state index in [4.69, 9.17) is 19.0 Å². The SMILES string of the molecule is CC(=O)O[C@H]1[C@H](ON2C(=O)c3ccccc3C2=O)O[C@H](CF)[C@H](CC(=O)O)[C@@H]1OC(C)=O. The summed E-state index contributed by atoms with van der Waals surface area (Å²) in [6.07, 6.45) is -6.96. The predicted molar refractivity (Wildman–Crippen MR) is 99.5 cm³/mol. The van der Waals surface area contributed by atoms with Gasteiger partial charge in [-0.25, -0.2) is 9.23 Å². The summed E-state index contributed by atoms with van der Waals surface area (Å²) in [5.74, 6) is -5.97. The number of esters is 2. The maximum atomic E-state index is 13.8. The van der Waals surface area contributed by atoms with Gasteiger partial charge in [-0.2, -0.15) is 0 Å². The number of nitrogens with zero attached hydrogens (tertiary/aromatic N) is 1. The average Bonchev–Trinajstić information content (AvgIpc) is 2.96. The van der Waals surface area contributed by atoms with Gasteiger partial charge in [0, 0.05) is 19.8 Å². The van der Waals surface area contributed by atoms with Crippen molar-refractivity contribution in [3.8, 4) is 0 Å². The summed E-state index contributed by atoms with van der Waals surface area (Å²) in [7, 11) is 0. The molecule has 2 heterocycles. The number of hydrogen-bond donors (Lipinski definition) is 1. The van der Waals surface area contributed by atoms with Crippen molar-refractivity contribution < 1.29 is 52.5 Å². The number of carboxylic acids is 1. The molecule has 1 saturated heterocycles. The van der Waals surface area contributed by atoms with Crippen LogP contribution in [0.25, 0.3) is 0 Å². The molecule has 2 amide bonds. The molecule has 1 aromatic rings. The summed E-state index contributed by atoms with van der Waals surface area (Å²) in [5.41, 5.74) is 0.111. The molecule has 5 atom stereocenters. The Balaban J connectivity index is 1.95. The summed E-state index contributed by atoms with van der Waals surface area (Å²) in [4.78, 5) is 65.3. The first-order chi connectivity index (χ1) is 15.1. The van der Waals surface area contributed by atoms with Gasteiger partial charge in [-0.15, -0.1) is 5.06 Å². The monoisotopic (exact) mass is 453 g/mol. The summed E-state index contributed by atoms with van der Waals surface area (Å²) in [6.45, 7) is 0.852. The predicted octanol–water partition coefficient (Wildman–Crippen LogP) is 0.863. The van der Waals surface area contributed by atoms with Crippen LogP contribution in [0.5, 0.6) is 0 Å². The van der Waals surface area contributed by atoms with Crippen LogP contribution in [0.2, 0.25) is 0 Å². The van der Waals surface area contributed by atoms with Gasteiger partial charge in [-0.1, -0.05) is 12.1 Å². The minimum absolute atomic E-state index is 0.0553. The normalized spacial score (nSPS) is 27.1. The molecule has 2 aliphatic heterocycles. The Bertz CT molecular complexity index is 915. The lowest BCUT2D eigenvalue weighted by Crippen LogP contribution is -2.60. The van der Waals surface area contributed by atoms with Crippen LogP contribution < -0.4 is 0 Å². The number of carbonyl (C=O) groups is 5. The third-order valence-corrected chi connectivity index (χ3v) is 4.93. The zero-order valence-corrected chi connectivity index (χ0v) is 17.1. The number of hydroxylamine groups is 2. The molecular formula is C20H20FNO10.